The number of benzene rings is 4. The summed E-state index contributed by atoms with van der Waals surface area (Å²) in [6, 6.07) is 16.5. The number of hydrogen-bond acceptors (Lipinski definition) is 10. The molecule has 0 spiro atoms. The van der Waals surface area contributed by atoms with E-state index in [1.165, 1.54) is 0 Å². The molecule has 302 valence electrons. The van der Waals surface area contributed by atoms with Crippen molar-refractivity contribution < 1.29 is 57.2 Å². The number of carboxylic acids is 2. The van der Waals surface area contributed by atoms with E-state index in [0.29, 0.717) is 79.0 Å². The number of halogens is 1. The van der Waals surface area contributed by atoms with Gasteiger partial charge in [-0.05, 0) is 78.6 Å². The number of carbonyl (C=O) groups is 2. The molecule has 12 nitrogen and oxygen atoms in total. The highest BCUT2D eigenvalue weighted by Crippen LogP contribution is 2.54. The molecule has 4 aliphatic heterocycles. The summed E-state index contributed by atoms with van der Waals surface area (Å²) in [5.41, 5.74) is 5.40. The van der Waals surface area contributed by atoms with Gasteiger partial charge in [-0.15, -0.1) is 0 Å². The minimum Gasteiger partial charge on any atom is -0.544 e. The zero-order valence-corrected chi connectivity index (χ0v) is 34.1. The van der Waals surface area contributed by atoms with Gasteiger partial charge in [0.15, 0.2) is 40.6 Å². The van der Waals surface area contributed by atoms with E-state index in [1.807, 2.05) is 74.8 Å². The van der Waals surface area contributed by atoms with E-state index in [4.69, 9.17) is 40.0 Å². The quantitative estimate of drug-likeness (QED) is 0.168. The zero-order valence-electron chi connectivity index (χ0n) is 33.4. The highest BCUT2D eigenvalue weighted by atomic mass is 35.5. The van der Waals surface area contributed by atoms with Gasteiger partial charge >= 0.3 is 0 Å². The average Bonchev–Trinajstić information content (AvgIpc) is 3.20. The Hall–Kier alpha value is -5.17. The Balaban J connectivity index is 1.55. The maximum atomic E-state index is 12.8. The lowest BCUT2D eigenvalue weighted by Crippen LogP contribution is -2.62. The van der Waals surface area contributed by atoms with Gasteiger partial charge in [0.25, 0.3) is 0 Å². The molecule has 6 unspecified atom stereocenters. The van der Waals surface area contributed by atoms with Crippen molar-refractivity contribution in [1.82, 2.24) is 0 Å². The Kier molecular flexibility index (Phi) is 11.0. The first kappa shape index (κ1) is 40.0. The van der Waals surface area contributed by atoms with Crippen LogP contribution in [0.15, 0.2) is 60.7 Å². The Bertz CT molecular complexity index is 2190. The molecule has 57 heavy (non-hydrogen) atoms. The summed E-state index contributed by atoms with van der Waals surface area (Å²) in [6.45, 7) is 4.41. The molecule has 0 amide bonds. The lowest BCUT2D eigenvalue weighted by atomic mass is 9.84. The maximum absolute atomic E-state index is 12.8. The third-order valence-corrected chi connectivity index (χ3v) is 13.0. The number of aliphatic carboxylic acids is 2. The first-order valence-electron chi connectivity index (χ1n) is 19.1. The van der Waals surface area contributed by atoms with E-state index >= 15 is 0 Å². The predicted octanol–water partition coefficient (Wildman–Crippen LogP) is 5.04. The Morgan fingerprint density at radius 3 is 1.91 bits per heavy atom. The second-order valence-electron chi connectivity index (χ2n) is 15.7. The number of hydrogen-bond donors (Lipinski definition) is 0. The van der Waals surface area contributed by atoms with Crippen LogP contribution in [0.25, 0.3) is 0 Å². The van der Waals surface area contributed by atoms with Gasteiger partial charge in [-0.2, -0.15) is 0 Å². The number of ether oxygens (including phenoxy) is 6. The molecule has 6 atom stereocenters. The maximum Gasteiger partial charge on any atom is 0.206 e. The molecule has 8 rings (SSSR count). The van der Waals surface area contributed by atoms with Crippen LogP contribution in [0.3, 0.4) is 0 Å². The molecule has 0 saturated heterocycles. The zero-order chi connectivity index (χ0) is 40.8. The molecule has 0 radical (unpaired) electrons. The summed E-state index contributed by atoms with van der Waals surface area (Å²) in [6.07, 6.45) is 1.96. The molecule has 0 saturated carbocycles. The van der Waals surface area contributed by atoms with Gasteiger partial charge in [-0.1, -0.05) is 29.8 Å². The van der Waals surface area contributed by atoms with Gasteiger partial charge in [0.2, 0.25) is 5.75 Å². The molecule has 0 fully saturated rings. The second-order valence-corrected chi connectivity index (χ2v) is 15.9. The third-order valence-electron chi connectivity index (χ3n) is 12.9. The van der Waals surface area contributed by atoms with Crippen LogP contribution in [-0.4, -0.2) is 87.6 Å². The third kappa shape index (κ3) is 7.08. The van der Waals surface area contributed by atoms with Crippen molar-refractivity contribution in [1.29, 1.82) is 0 Å². The molecule has 4 aromatic rings. The Labute approximate surface area is 338 Å². The van der Waals surface area contributed by atoms with Crippen molar-refractivity contribution in [2.24, 2.45) is 0 Å². The van der Waals surface area contributed by atoms with Crippen molar-refractivity contribution in [2.45, 2.75) is 63.7 Å². The average molecular weight is 801 g/mol. The lowest BCUT2D eigenvalue weighted by Gasteiger charge is -2.50. The normalized spacial score (nSPS) is 23.3. The number of rotatable bonds is 9. The van der Waals surface area contributed by atoms with E-state index in [0.717, 1.165) is 33.4 Å². The Morgan fingerprint density at radius 2 is 1.30 bits per heavy atom. The second kappa shape index (κ2) is 15.6. The molecule has 0 N–H and O–H groups in total. The van der Waals surface area contributed by atoms with E-state index in [9.17, 15) is 19.8 Å². The predicted molar refractivity (Wildman–Crippen MR) is 208 cm³/mol. The first-order chi connectivity index (χ1) is 27.3. The Morgan fingerprint density at radius 1 is 0.737 bits per heavy atom. The van der Waals surface area contributed by atoms with Gasteiger partial charge in [0.1, 0.15) is 29.9 Å². The number of fused-ring (bicyclic) bond motifs is 2. The van der Waals surface area contributed by atoms with Crippen LogP contribution >= 0.6 is 11.6 Å². The van der Waals surface area contributed by atoms with Gasteiger partial charge < -0.3 is 57.2 Å². The topological polar surface area (TPSA) is 136 Å². The van der Waals surface area contributed by atoms with Crippen molar-refractivity contribution in [3.63, 3.8) is 0 Å². The molecule has 0 aromatic heterocycles. The smallest absolute Gasteiger partial charge is 0.206 e. The first-order valence-corrected chi connectivity index (χ1v) is 19.7. The number of nitrogens with zero attached hydrogens (tertiary/aromatic N) is 2. The molecular formula is C44H49ClN2O10. The van der Waals surface area contributed by atoms with E-state index in [2.05, 4.69) is 0 Å². The standard InChI is InChI=1S/C44H49ClN2O10/c1-25(43(48)49)46(3)16-14-29-21-36(53-6)38-23-32(29)33(46)18-27-8-11-31(12-9-27)56-37-20-28(10-13-35(37)52-5)19-34-40-30(15-17-47(34,4)26(2)44(50)51)22-39(54-7)41(55-24-45)42(40)57-38/h8-13,20-23,25-26,33-34H,14-19,24H2,1-7H3. The highest BCUT2D eigenvalue weighted by Gasteiger charge is 2.48. The van der Waals surface area contributed by atoms with Crippen LogP contribution in [0.4, 0.5) is 0 Å². The van der Waals surface area contributed by atoms with Crippen LogP contribution in [-0.2, 0) is 35.3 Å². The monoisotopic (exact) mass is 800 g/mol. The number of carbonyl (C=O) groups excluding carboxylic acids is 2. The van der Waals surface area contributed by atoms with Crippen LogP contribution < -0.4 is 38.6 Å². The number of quaternary nitrogens is 2. The number of methoxy groups -OCH3 is 3. The van der Waals surface area contributed by atoms with Gasteiger partial charge in [0.05, 0.1) is 66.0 Å². The van der Waals surface area contributed by atoms with Crippen molar-refractivity contribution in [2.75, 3.05) is 54.6 Å². The minimum atomic E-state index is -1.18. The molecule has 4 aromatic carbocycles. The van der Waals surface area contributed by atoms with E-state index in [1.54, 1.807) is 35.2 Å². The van der Waals surface area contributed by atoms with Crippen LogP contribution in [0.5, 0.6) is 46.0 Å². The summed E-state index contributed by atoms with van der Waals surface area (Å²) < 4.78 is 37.6. The van der Waals surface area contributed by atoms with Gasteiger partial charge in [-0.25, -0.2) is 0 Å². The number of alkyl halides is 1. The van der Waals surface area contributed by atoms with Crippen LogP contribution in [0.1, 0.15) is 59.3 Å². The van der Waals surface area contributed by atoms with Gasteiger partial charge in [0, 0.05) is 31.2 Å². The highest BCUT2D eigenvalue weighted by molar-refractivity contribution is 6.17. The fourth-order valence-electron chi connectivity index (χ4n) is 9.07. The molecular weight excluding hydrogens is 752 g/mol. The van der Waals surface area contributed by atoms with Crippen molar-refractivity contribution in [3.05, 3.63) is 94.0 Å². The van der Waals surface area contributed by atoms with E-state index in [-0.39, 0.29) is 26.8 Å². The summed E-state index contributed by atoms with van der Waals surface area (Å²) in [5.74, 6) is 1.10. The molecule has 13 heteroatoms. The van der Waals surface area contributed by atoms with Crippen LogP contribution in [0, 0.1) is 0 Å². The van der Waals surface area contributed by atoms with Crippen molar-refractivity contribution >= 4 is 23.5 Å². The van der Waals surface area contributed by atoms with Crippen LogP contribution in [0.2, 0.25) is 0 Å². The summed E-state index contributed by atoms with van der Waals surface area (Å²) >= 11 is 6.30. The largest absolute Gasteiger partial charge is 0.544 e. The van der Waals surface area contributed by atoms with Crippen molar-refractivity contribution in [3.8, 4) is 46.0 Å². The number of likely N-dealkylation sites (N-methyl/N-ethyl adjacent to an activating group) is 2. The molecule has 6 bridgehead atoms. The SMILES string of the molecule is COc1ccc2cc1Oc1ccc(cc1)CC1c3cc(c(OC)cc3CC[N+]1(C)C(C)C(=O)[O-])Oc1c(OCCl)c(OC)cc3c1C(C2)[N+](C)(C(C)C(=O)[O-])CC3. The minimum absolute atomic E-state index is 0.0857. The molecule has 4 aliphatic rings. The lowest BCUT2D eigenvalue weighted by molar-refractivity contribution is -0.956. The summed E-state index contributed by atoms with van der Waals surface area (Å²) in [5, 5.41) is 25.4. The summed E-state index contributed by atoms with van der Waals surface area (Å²) in [7, 11) is 8.60. The summed E-state index contributed by atoms with van der Waals surface area (Å²) in [4.78, 5) is 25.4. The number of carboxylic acid groups (broad SMARTS) is 2. The van der Waals surface area contributed by atoms with Gasteiger partial charge in [-0.3, -0.25) is 0 Å². The fraction of sp³-hybridized carbons (Fsp3) is 0.409. The fourth-order valence-corrected chi connectivity index (χ4v) is 9.18. The van der Waals surface area contributed by atoms with E-state index < -0.39 is 30.1 Å². The molecule has 4 heterocycles. The molecule has 0 aliphatic carbocycles.